The Hall–Kier alpha value is -1.36. The minimum Gasteiger partial charge on any atom is -0.339 e. The molecule has 3 heterocycles. The average molecular weight is 332 g/mol. The zero-order chi connectivity index (χ0) is 17.1. The summed E-state index contributed by atoms with van der Waals surface area (Å²) in [5, 5.41) is 0. The van der Waals surface area contributed by atoms with Crippen LogP contribution in [0, 0.1) is 0 Å². The Bertz CT molecular complexity index is 553. The summed E-state index contributed by atoms with van der Waals surface area (Å²) in [7, 11) is 0. The summed E-state index contributed by atoms with van der Waals surface area (Å²) < 4.78 is 2.31. The molecule has 0 radical (unpaired) electrons. The number of nitrogens with zero attached hydrogens (tertiary/aromatic N) is 4. The summed E-state index contributed by atoms with van der Waals surface area (Å²) in [5.41, 5.74) is 0. The van der Waals surface area contributed by atoms with E-state index in [1.165, 1.54) is 0 Å². The third kappa shape index (κ3) is 3.51. The van der Waals surface area contributed by atoms with Crippen LogP contribution in [0.15, 0.2) is 12.4 Å². The van der Waals surface area contributed by atoms with Gasteiger partial charge in [-0.25, -0.2) is 4.98 Å². The van der Waals surface area contributed by atoms with Crippen molar-refractivity contribution in [2.75, 3.05) is 26.2 Å². The fourth-order valence-electron chi connectivity index (χ4n) is 4.33. The SMILES string of the molecule is CCCN1CCC[C@H]1C(=O)N1CCC[C@@H](n2ccnc2C(C)C)C1. The first-order chi connectivity index (χ1) is 11.6. The maximum Gasteiger partial charge on any atom is 0.239 e. The number of rotatable bonds is 5. The zero-order valence-electron chi connectivity index (χ0n) is 15.4. The molecule has 24 heavy (non-hydrogen) atoms. The number of aromatic nitrogens is 2. The van der Waals surface area contributed by atoms with E-state index in [1.54, 1.807) is 0 Å². The number of hydrogen-bond acceptors (Lipinski definition) is 3. The average Bonchev–Trinajstić information content (AvgIpc) is 3.24. The molecule has 3 rings (SSSR count). The van der Waals surface area contributed by atoms with Gasteiger partial charge < -0.3 is 9.47 Å². The van der Waals surface area contributed by atoms with E-state index in [0.29, 0.717) is 17.9 Å². The Labute approximate surface area is 146 Å². The van der Waals surface area contributed by atoms with E-state index < -0.39 is 0 Å². The largest absolute Gasteiger partial charge is 0.339 e. The molecule has 1 aromatic heterocycles. The quantitative estimate of drug-likeness (QED) is 0.832. The van der Waals surface area contributed by atoms with Gasteiger partial charge in [0.15, 0.2) is 0 Å². The van der Waals surface area contributed by atoms with Crippen LogP contribution in [0.4, 0.5) is 0 Å². The Morgan fingerprint density at radius 1 is 1.29 bits per heavy atom. The lowest BCUT2D eigenvalue weighted by molar-refractivity contribution is -0.137. The molecule has 2 atom stereocenters. The number of hydrogen-bond donors (Lipinski definition) is 0. The van der Waals surface area contributed by atoms with Gasteiger partial charge in [-0.05, 0) is 45.2 Å². The van der Waals surface area contributed by atoms with Gasteiger partial charge >= 0.3 is 0 Å². The molecule has 2 aliphatic rings. The molecular weight excluding hydrogens is 300 g/mol. The lowest BCUT2D eigenvalue weighted by atomic mass is 10.0. The molecule has 0 saturated carbocycles. The first-order valence-electron chi connectivity index (χ1n) is 9.67. The van der Waals surface area contributed by atoms with Crippen LogP contribution in [0.2, 0.25) is 0 Å². The van der Waals surface area contributed by atoms with Crippen LogP contribution in [0.1, 0.15) is 70.7 Å². The fourth-order valence-corrected chi connectivity index (χ4v) is 4.33. The number of imidazole rings is 1. The summed E-state index contributed by atoms with van der Waals surface area (Å²) in [4.78, 5) is 22.1. The maximum absolute atomic E-state index is 13.1. The van der Waals surface area contributed by atoms with Gasteiger partial charge in [0.05, 0.1) is 12.1 Å². The summed E-state index contributed by atoms with van der Waals surface area (Å²) in [6.45, 7) is 10.5. The predicted molar refractivity (Wildman–Crippen MR) is 96.1 cm³/mol. The maximum atomic E-state index is 13.1. The second-order valence-electron chi connectivity index (χ2n) is 7.62. The van der Waals surface area contributed by atoms with Crippen molar-refractivity contribution >= 4 is 5.91 Å². The van der Waals surface area contributed by atoms with Crippen molar-refractivity contribution in [2.45, 2.75) is 70.9 Å². The Kier molecular flexibility index (Phi) is 5.59. The van der Waals surface area contributed by atoms with E-state index in [9.17, 15) is 4.79 Å². The van der Waals surface area contributed by atoms with Gasteiger partial charge in [-0.3, -0.25) is 9.69 Å². The van der Waals surface area contributed by atoms with Crippen molar-refractivity contribution in [2.24, 2.45) is 0 Å². The highest BCUT2D eigenvalue weighted by atomic mass is 16.2. The Morgan fingerprint density at radius 2 is 2.08 bits per heavy atom. The van der Waals surface area contributed by atoms with Crippen molar-refractivity contribution in [1.82, 2.24) is 19.4 Å². The summed E-state index contributed by atoms with van der Waals surface area (Å²) in [6.07, 6.45) is 9.53. The molecule has 134 valence electrons. The molecule has 2 saturated heterocycles. The number of carbonyl (C=O) groups excluding carboxylic acids is 1. The van der Waals surface area contributed by atoms with E-state index in [4.69, 9.17) is 0 Å². The van der Waals surface area contributed by atoms with Crippen molar-refractivity contribution in [3.8, 4) is 0 Å². The second-order valence-corrected chi connectivity index (χ2v) is 7.62. The minimum absolute atomic E-state index is 0.121. The van der Waals surface area contributed by atoms with Crippen LogP contribution >= 0.6 is 0 Å². The summed E-state index contributed by atoms with van der Waals surface area (Å²) in [6, 6.07) is 0.500. The predicted octanol–water partition coefficient (Wildman–Crippen LogP) is 3.04. The van der Waals surface area contributed by atoms with Crippen LogP contribution in [0.3, 0.4) is 0 Å². The first-order valence-corrected chi connectivity index (χ1v) is 9.67. The molecule has 0 unspecified atom stereocenters. The Balaban J connectivity index is 1.69. The lowest BCUT2D eigenvalue weighted by Crippen LogP contribution is -2.49. The monoisotopic (exact) mass is 332 g/mol. The molecule has 0 aromatic carbocycles. The highest BCUT2D eigenvalue weighted by Gasteiger charge is 2.35. The number of amides is 1. The highest BCUT2D eigenvalue weighted by molar-refractivity contribution is 5.82. The van der Waals surface area contributed by atoms with E-state index in [2.05, 4.69) is 46.3 Å². The van der Waals surface area contributed by atoms with Crippen LogP contribution in [-0.4, -0.2) is 57.5 Å². The topological polar surface area (TPSA) is 41.4 Å². The number of likely N-dealkylation sites (tertiary alicyclic amines) is 2. The molecule has 0 aliphatic carbocycles. The molecule has 0 spiro atoms. The summed E-state index contributed by atoms with van der Waals surface area (Å²) >= 11 is 0. The molecule has 0 N–H and O–H groups in total. The summed E-state index contributed by atoms with van der Waals surface area (Å²) in [5.74, 6) is 1.92. The van der Waals surface area contributed by atoms with Crippen LogP contribution in [-0.2, 0) is 4.79 Å². The van der Waals surface area contributed by atoms with Crippen molar-refractivity contribution in [1.29, 1.82) is 0 Å². The van der Waals surface area contributed by atoms with Gasteiger partial charge in [-0.15, -0.1) is 0 Å². The Morgan fingerprint density at radius 3 is 2.83 bits per heavy atom. The van der Waals surface area contributed by atoms with Crippen molar-refractivity contribution in [3.63, 3.8) is 0 Å². The normalized spacial score (nSPS) is 25.6. The molecule has 5 nitrogen and oxygen atoms in total. The van der Waals surface area contributed by atoms with E-state index in [0.717, 1.165) is 64.1 Å². The molecule has 1 amide bonds. The molecular formula is C19H32N4O. The second kappa shape index (κ2) is 7.68. The minimum atomic E-state index is 0.121. The third-order valence-electron chi connectivity index (χ3n) is 5.48. The van der Waals surface area contributed by atoms with Crippen LogP contribution in [0.25, 0.3) is 0 Å². The molecule has 2 fully saturated rings. The molecule has 5 heteroatoms. The highest BCUT2D eigenvalue weighted by Crippen LogP contribution is 2.28. The first kappa shape index (κ1) is 17.5. The van der Waals surface area contributed by atoms with Crippen molar-refractivity contribution in [3.05, 3.63) is 18.2 Å². The van der Waals surface area contributed by atoms with Gasteiger partial charge in [0, 0.05) is 31.4 Å². The number of carbonyl (C=O) groups is 1. The van der Waals surface area contributed by atoms with Crippen molar-refractivity contribution < 1.29 is 4.79 Å². The lowest BCUT2D eigenvalue weighted by Gasteiger charge is -2.37. The number of piperidine rings is 1. The van der Waals surface area contributed by atoms with E-state index >= 15 is 0 Å². The smallest absolute Gasteiger partial charge is 0.239 e. The molecule has 1 aromatic rings. The van der Waals surface area contributed by atoms with Gasteiger partial charge in [0.1, 0.15) is 5.82 Å². The molecule has 2 aliphatic heterocycles. The van der Waals surface area contributed by atoms with E-state index in [-0.39, 0.29) is 6.04 Å². The zero-order valence-corrected chi connectivity index (χ0v) is 15.4. The fraction of sp³-hybridized carbons (Fsp3) is 0.789. The van der Waals surface area contributed by atoms with Gasteiger partial charge in [-0.2, -0.15) is 0 Å². The molecule has 0 bridgehead atoms. The van der Waals surface area contributed by atoms with E-state index in [1.807, 2.05) is 6.20 Å². The van der Waals surface area contributed by atoms with Gasteiger partial charge in [-0.1, -0.05) is 20.8 Å². The van der Waals surface area contributed by atoms with Gasteiger partial charge in [0.2, 0.25) is 5.91 Å². The van der Waals surface area contributed by atoms with Gasteiger partial charge in [0.25, 0.3) is 0 Å². The van der Waals surface area contributed by atoms with Crippen LogP contribution < -0.4 is 0 Å². The third-order valence-corrected chi connectivity index (χ3v) is 5.48. The van der Waals surface area contributed by atoms with Crippen LogP contribution in [0.5, 0.6) is 0 Å². The standard InChI is InChI=1S/C19H32N4O/c1-4-10-21-11-6-8-17(21)19(24)22-12-5-7-16(14-22)23-13-9-20-18(23)15(2)3/h9,13,15-17H,4-8,10-12,14H2,1-3H3/t16-,17+/m1/s1.